The summed E-state index contributed by atoms with van der Waals surface area (Å²) in [4.78, 5) is 13.0. The highest BCUT2D eigenvalue weighted by atomic mass is 32.2. The number of anilines is 1. The van der Waals surface area contributed by atoms with E-state index < -0.39 is 21.6 Å². The van der Waals surface area contributed by atoms with Gasteiger partial charge in [0.1, 0.15) is 11.9 Å². The number of halogens is 1. The molecule has 4 aromatic rings. The van der Waals surface area contributed by atoms with Crippen LogP contribution >= 0.6 is 0 Å². The van der Waals surface area contributed by atoms with Crippen molar-refractivity contribution < 1.29 is 17.6 Å². The fraction of sp³-hybridized carbons (Fsp3) is 0.0455. The summed E-state index contributed by atoms with van der Waals surface area (Å²) in [6.07, 6.45) is 1.05. The number of para-hydroxylation sites is 2. The lowest BCUT2D eigenvalue weighted by Crippen LogP contribution is -2.20. The Morgan fingerprint density at radius 1 is 1.03 bits per heavy atom. The number of carbonyl (C=O) groups excluding carboxylic acids is 1. The number of sulfone groups is 1. The van der Waals surface area contributed by atoms with Crippen molar-refractivity contribution in [2.75, 3.05) is 11.6 Å². The summed E-state index contributed by atoms with van der Waals surface area (Å²) in [6.45, 7) is 0. The second-order valence-electron chi connectivity index (χ2n) is 6.93. The molecule has 164 valence electrons. The van der Waals surface area contributed by atoms with Crippen LogP contribution in [0.2, 0.25) is 0 Å². The summed E-state index contributed by atoms with van der Waals surface area (Å²) in [6, 6.07) is 18.5. The number of nitrogens with zero attached hydrogens (tertiary/aromatic N) is 5. The molecule has 33 heavy (non-hydrogen) atoms. The minimum atomic E-state index is -3.64. The largest absolute Gasteiger partial charge is 0.316 e. The Hall–Kier alpha value is -4.43. The Morgan fingerprint density at radius 2 is 1.73 bits per heavy atom. The third-order valence-electron chi connectivity index (χ3n) is 4.75. The number of hydrogen-bond donors (Lipinski definition) is 1. The molecular formula is C22H15FN6O3S. The van der Waals surface area contributed by atoms with E-state index in [4.69, 9.17) is 0 Å². The van der Waals surface area contributed by atoms with Crippen molar-refractivity contribution in [3.05, 3.63) is 83.9 Å². The van der Waals surface area contributed by atoms with E-state index in [0.717, 1.165) is 17.0 Å². The number of aromatic nitrogens is 4. The summed E-state index contributed by atoms with van der Waals surface area (Å²) in [5.41, 5.74) is 0.658. The molecule has 1 amide bonds. The van der Waals surface area contributed by atoms with Crippen LogP contribution in [0.5, 0.6) is 0 Å². The smallest absolute Gasteiger partial charge is 0.295 e. The van der Waals surface area contributed by atoms with Crippen LogP contribution < -0.4 is 5.32 Å². The van der Waals surface area contributed by atoms with Crippen LogP contribution in [0.1, 0.15) is 16.2 Å². The topological polar surface area (TPSA) is 131 Å². The van der Waals surface area contributed by atoms with E-state index in [2.05, 4.69) is 20.8 Å². The Balaban J connectivity index is 1.79. The van der Waals surface area contributed by atoms with Gasteiger partial charge in [-0.25, -0.2) is 12.8 Å². The molecule has 0 spiro atoms. The lowest BCUT2D eigenvalue weighted by Gasteiger charge is -2.15. The summed E-state index contributed by atoms with van der Waals surface area (Å²) in [7, 11) is -3.64. The van der Waals surface area contributed by atoms with Gasteiger partial charge in [-0.2, -0.15) is 9.94 Å². The first-order valence-corrected chi connectivity index (χ1v) is 11.4. The monoisotopic (exact) mass is 462 g/mol. The molecule has 0 aliphatic rings. The van der Waals surface area contributed by atoms with E-state index >= 15 is 0 Å². The van der Waals surface area contributed by atoms with Crippen molar-refractivity contribution in [1.82, 2.24) is 20.2 Å². The van der Waals surface area contributed by atoms with E-state index in [0.29, 0.717) is 0 Å². The van der Waals surface area contributed by atoms with Crippen molar-refractivity contribution in [2.24, 2.45) is 0 Å². The fourth-order valence-electron chi connectivity index (χ4n) is 3.30. The second-order valence-corrected chi connectivity index (χ2v) is 8.91. The molecule has 0 saturated carbocycles. The van der Waals surface area contributed by atoms with E-state index in [1.807, 2.05) is 6.07 Å². The summed E-state index contributed by atoms with van der Waals surface area (Å²) >= 11 is 0. The summed E-state index contributed by atoms with van der Waals surface area (Å²) in [5.74, 6) is -1.92. The van der Waals surface area contributed by atoms with Gasteiger partial charge >= 0.3 is 0 Å². The quantitative estimate of drug-likeness (QED) is 0.482. The SMILES string of the molecule is CS(=O)(=O)c1ccccc1-c1cccc(F)c1NC(=O)c1nnnn1-c1ccccc1C#N. The average Bonchev–Trinajstić information content (AvgIpc) is 3.29. The summed E-state index contributed by atoms with van der Waals surface area (Å²) in [5, 5.41) is 22.8. The predicted octanol–water partition coefficient (Wildman–Crippen LogP) is 3.00. The minimum absolute atomic E-state index is 0.0149. The molecule has 1 aromatic heterocycles. The molecule has 0 radical (unpaired) electrons. The number of nitriles is 1. The maximum absolute atomic E-state index is 14.8. The predicted molar refractivity (Wildman–Crippen MR) is 117 cm³/mol. The number of benzene rings is 3. The summed E-state index contributed by atoms with van der Waals surface area (Å²) < 4.78 is 40.4. The lowest BCUT2D eigenvalue weighted by atomic mass is 10.0. The van der Waals surface area contributed by atoms with Gasteiger partial charge in [0.05, 0.1) is 21.8 Å². The molecule has 0 aliphatic carbocycles. The molecule has 11 heteroatoms. The van der Waals surface area contributed by atoms with Crippen LogP contribution in [0.3, 0.4) is 0 Å². The highest BCUT2D eigenvalue weighted by Gasteiger charge is 2.23. The first-order valence-electron chi connectivity index (χ1n) is 9.48. The first kappa shape index (κ1) is 21.8. The molecule has 0 aliphatic heterocycles. The van der Waals surface area contributed by atoms with Crippen LogP contribution in [0.25, 0.3) is 16.8 Å². The van der Waals surface area contributed by atoms with E-state index in [9.17, 15) is 22.9 Å². The molecule has 4 rings (SSSR count). The van der Waals surface area contributed by atoms with Gasteiger partial charge in [0.15, 0.2) is 9.84 Å². The van der Waals surface area contributed by atoms with Gasteiger partial charge in [0.25, 0.3) is 5.91 Å². The minimum Gasteiger partial charge on any atom is -0.316 e. The molecule has 0 bridgehead atoms. The number of amides is 1. The van der Waals surface area contributed by atoms with Crippen molar-refractivity contribution >= 4 is 21.4 Å². The third-order valence-corrected chi connectivity index (χ3v) is 5.91. The van der Waals surface area contributed by atoms with Crippen molar-refractivity contribution in [3.63, 3.8) is 0 Å². The Bertz CT molecular complexity index is 1530. The van der Waals surface area contributed by atoms with E-state index in [1.54, 1.807) is 30.3 Å². The molecule has 0 unspecified atom stereocenters. The van der Waals surface area contributed by atoms with E-state index in [-0.39, 0.29) is 38.8 Å². The molecule has 3 aromatic carbocycles. The molecular weight excluding hydrogens is 447 g/mol. The van der Waals surface area contributed by atoms with Gasteiger partial charge in [-0.05, 0) is 34.7 Å². The third kappa shape index (κ3) is 4.19. The van der Waals surface area contributed by atoms with Crippen LogP contribution in [-0.2, 0) is 9.84 Å². The van der Waals surface area contributed by atoms with Crippen LogP contribution in [0, 0.1) is 17.1 Å². The highest BCUT2D eigenvalue weighted by Crippen LogP contribution is 2.34. The number of hydrogen-bond acceptors (Lipinski definition) is 7. The zero-order valence-electron chi connectivity index (χ0n) is 17.1. The Morgan fingerprint density at radius 3 is 2.48 bits per heavy atom. The molecule has 0 atom stereocenters. The zero-order valence-corrected chi connectivity index (χ0v) is 17.9. The number of tetrazole rings is 1. The van der Waals surface area contributed by atoms with Gasteiger partial charge < -0.3 is 5.32 Å². The lowest BCUT2D eigenvalue weighted by molar-refractivity contribution is 0.101. The van der Waals surface area contributed by atoms with E-state index in [1.165, 1.54) is 30.3 Å². The van der Waals surface area contributed by atoms with Crippen LogP contribution in [0.15, 0.2) is 71.6 Å². The van der Waals surface area contributed by atoms with Crippen LogP contribution in [0.4, 0.5) is 10.1 Å². The first-order chi connectivity index (χ1) is 15.8. The molecule has 0 fully saturated rings. The highest BCUT2D eigenvalue weighted by molar-refractivity contribution is 7.90. The molecule has 9 nitrogen and oxygen atoms in total. The average molecular weight is 462 g/mol. The standard InChI is InChI=1S/C22H15FN6O3S/c1-33(31,32)19-12-5-3-8-15(19)16-9-6-10-17(23)20(16)25-22(30)21-26-27-28-29(21)18-11-4-2-7-14(18)13-24/h2-12H,1H3,(H,25,30). The fourth-order valence-corrected chi connectivity index (χ4v) is 4.20. The van der Waals surface area contributed by atoms with Crippen molar-refractivity contribution in [1.29, 1.82) is 5.26 Å². The van der Waals surface area contributed by atoms with Crippen molar-refractivity contribution in [2.45, 2.75) is 4.90 Å². The Kier molecular flexibility index (Phi) is 5.68. The Labute approximate surface area is 188 Å². The van der Waals surface area contributed by atoms with Gasteiger partial charge in [-0.1, -0.05) is 42.5 Å². The number of nitrogens with one attached hydrogen (secondary N) is 1. The number of carbonyl (C=O) groups is 1. The maximum Gasteiger partial charge on any atom is 0.295 e. The van der Waals surface area contributed by atoms with Crippen LogP contribution in [-0.4, -0.2) is 40.8 Å². The molecule has 0 saturated heterocycles. The normalized spacial score (nSPS) is 11.1. The van der Waals surface area contributed by atoms with Crippen molar-refractivity contribution in [3.8, 4) is 22.9 Å². The second kappa shape index (κ2) is 8.60. The molecule has 1 N–H and O–H groups in total. The van der Waals surface area contributed by atoms with Gasteiger partial charge in [-0.15, -0.1) is 5.10 Å². The number of rotatable bonds is 5. The van der Waals surface area contributed by atoms with Gasteiger partial charge in [-0.3, -0.25) is 4.79 Å². The van der Waals surface area contributed by atoms with Gasteiger partial charge in [0, 0.05) is 17.4 Å². The zero-order chi connectivity index (χ0) is 23.6. The van der Waals surface area contributed by atoms with Gasteiger partial charge in [0.2, 0.25) is 5.82 Å². The maximum atomic E-state index is 14.8. The molecule has 1 heterocycles.